The molecule has 0 radical (unpaired) electrons. The zero-order valence-electron chi connectivity index (χ0n) is 22.2. The molecule has 39 heavy (non-hydrogen) atoms. The number of hydrogen-bond acceptors (Lipinski definition) is 4. The van der Waals surface area contributed by atoms with E-state index in [1.807, 2.05) is 44.2 Å². The topological polar surface area (TPSA) is 86.8 Å². The van der Waals surface area contributed by atoms with Gasteiger partial charge in [-0.2, -0.15) is 0 Å². The molecule has 1 atom stereocenters. The predicted molar refractivity (Wildman–Crippen MR) is 160 cm³/mol. The van der Waals surface area contributed by atoms with E-state index in [0.717, 1.165) is 21.7 Å². The van der Waals surface area contributed by atoms with Crippen molar-refractivity contribution in [1.82, 2.24) is 10.2 Å². The summed E-state index contributed by atoms with van der Waals surface area (Å²) >= 11 is 9.45. The Balaban J connectivity index is 2.04. The lowest BCUT2D eigenvalue weighted by Crippen LogP contribution is -2.53. The number of benzene rings is 3. The number of nitrogens with one attached hydrogen (secondary N) is 1. The molecule has 10 heteroatoms. The molecule has 0 fully saturated rings. The monoisotopic (exact) mass is 633 g/mol. The zero-order chi connectivity index (χ0) is 28.6. The third-order valence-electron chi connectivity index (χ3n) is 6.00. The number of halogens is 2. The van der Waals surface area contributed by atoms with E-state index in [9.17, 15) is 18.0 Å². The van der Waals surface area contributed by atoms with Crippen molar-refractivity contribution in [3.05, 3.63) is 99.5 Å². The summed E-state index contributed by atoms with van der Waals surface area (Å²) in [5, 5.41) is 3.51. The third kappa shape index (κ3) is 9.37. The summed E-state index contributed by atoms with van der Waals surface area (Å²) in [5.41, 5.74) is 1.98. The van der Waals surface area contributed by atoms with Crippen LogP contribution in [0.4, 0.5) is 5.69 Å². The van der Waals surface area contributed by atoms with Crippen molar-refractivity contribution in [3.8, 4) is 0 Å². The summed E-state index contributed by atoms with van der Waals surface area (Å²) in [4.78, 5) is 29.0. The van der Waals surface area contributed by atoms with E-state index in [1.54, 1.807) is 48.5 Å². The van der Waals surface area contributed by atoms with Gasteiger partial charge in [-0.25, -0.2) is 8.42 Å². The molecule has 2 amide bonds. The fraction of sp³-hybridized carbons (Fsp3) is 0.310. The van der Waals surface area contributed by atoms with Crippen molar-refractivity contribution < 1.29 is 18.0 Å². The fourth-order valence-electron chi connectivity index (χ4n) is 4.01. The van der Waals surface area contributed by atoms with Crippen LogP contribution >= 0.6 is 27.5 Å². The number of carbonyl (C=O) groups excluding carboxylic acids is 2. The normalized spacial score (nSPS) is 12.2. The van der Waals surface area contributed by atoms with Crippen LogP contribution in [-0.4, -0.2) is 50.5 Å². The Kier molecular flexibility index (Phi) is 11.0. The lowest BCUT2D eigenvalue weighted by molar-refractivity contribution is -0.140. The second-order valence-electron chi connectivity index (χ2n) is 9.74. The van der Waals surface area contributed by atoms with Gasteiger partial charge in [-0.3, -0.25) is 13.9 Å². The molecule has 1 N–H and O–H groups in total. The Morgan fingerprint density at radius 3 is 2.21 bits per heavy atom. The first kappa shape index (κ1) is 30.7. The van der Waals surface area contributed by atoms with Crippen LogP contribution in [0.25, 0.3) is 0 Å². The molecular formula is C29H33BrClN3O4S. The van der Waals surface area contributed by atoms with Gasteiger partial charge in [0.15, 0.2) is 0 Å². The Morgan fingerprint density at radius 1 is 0.949 bits per heavy atom. The second-order valence-corrected chi connectivity index (χ2v) is 13.0. The van der Waals surface area contributed by atoms with Gasteiger partial charge in [0.25, 0.3) is 0 Å². The largest absolute Gasteiger partial charge is 0.354 e. The van der Waals surface area contributed by atoms with E-state index >= 15 is 0 Å². The average molecular weight is 635 g/mol. The molecule has 7 nitrogen and oxygen atoms in total. The van der Waals surface area contributed by atoms with Crippen molar-refractivity contribution in [1.29, 1.82) is 0 Å². The number of amides is 2. The van der Waals surface area contributed by atoms with Crippen molar-refractivity contribution in [2.24, 2.45) is 5.92 Å². The summed E-state index contributed by atoms with van der Waals surface area (Å²) in [7, 11) is -3.82. The quantitative estimate of drug-likeness (QED) is 0.294. The standard InChI is InChI=1S/C29H33BrClN3O4S/c1-21(2)18-32-29(36)27(16-22-8-5-4-6-9-22)33(19-23-12-14-25(31)15-13-23)28(35)20-34(39(3,37)38)26-11-7-10-24(30)17-26/h4-15,17,21,27H,16,18-20H2,1-3H3,(H,32,36)/t27-/m0/s1. The first-order valence-corrected chi connectivity index (χ1v) is 15.5. The van der Waals surface area contributed by atoms with Gasteiger partial charge in [0.2, 0.25) is 21.8 Å². The number of anilines is 1. The SMILES string of the molecule is CC(C)CNC(=O)[C@H](Cc1ccccc1)N(Cc1ccc(Cl)cc1)C(=O)CN(c1cccc(Br)c1)S(C)(=O)=O. The number of carbonyl (C=O) groups is 2. The molecule has 0 spiro atoms. The van der Waals surface area contributed by atoms with Crippen LogP contribution in [0.5, 0.6) is 0 Å². The maximum atomic E-state index is 14.0. The molecule has 3 aromatic rings. The highest BCUT2D eigenvalue weighted by Crippen LogP contribution is 2.24. The molecule has 0 aliphatic rings. The van der Waals surface area contributed by atoms with Gasteiger partial charge >= 0.3 is 0 Å². The Morgan fingerprint density at radius 2 is 1.62 bits per heavy atom. The van der Waals surface area contributed by atoms with E-state index in [-0.39, 0.29) is 24.8 Å². The highest BCUT2D eigenvalue weighted by Gasteiger charge is 2.33. The summed E-state index contributed by atoms with van der Waals surface area (Å²) in [6.07, 6.45) is 1.32. The van der Waals surface area contributed by atoms with Gasteiger partial charge in [-0.1, -0.05) is 89.9 Å². The van der Waals surface area contributed by atoms with Crippen LogP contribution in [0, 0.1) is 5.92 Å². The zero-order valence-corrected chi connectivity index (χ0v) is 25.3. The number of nitrogens with zero attached hydrogens (tertiary/aromatic N) is 2. The van der Waals surface area contributed by atoms with Gasteiger partial charge < -0.3 is 10.2 Å². The minimum atomic E-state index is -3.82. The lowest BCUT2D eigenvalue weighted by atomic mass is 10.0. The Bertz CT molecular complexity index is 1370. The molecule has 0 aliphatic carbocycles. The van der Waals surface area contributed by atoms with E-state index < -0.39 is 28.5 Å². The minimum absolute atomic E-state index is 0.0959. The Labute approximate surface area is 244 Å². The van der Waals surface area contributed by atoms with Gasteiger partial charge in [-0.15, -0.1) is 0 Å². The van der Waals surface area contributed by atoms with E-state index in [2.05, 4.69) is 21.2 Å². The summed E-state index contributed by atoms with van der Waals surface area (Å²) in [6, 6.07) is 22.3. The first-order chi connectivity index (χ1) is 18.4. The molecule has 0 aliphatic heterocycles. The average Bonchev–Trinajstić information content (AvgIpc) is 2.88. The van der Waals surface area contributed by atoms with Crippen LogP contribution in [0.1, 0.15) is 25.0 Å². The molecule has 208 valence electrons. The minimum Gasteiger partial charge on any atom is -0.354 e. The molecule has 3 aromatic carbocycles. The van der Waals surface area contributed by atoms with E-state index in [1.165, 1.54) is 4.90 Å². The smallest absolute Gasteiger partial charge is 0.244 e. The maximum absolute atomic E-state index is 14.0. The number of sulfonamides is 1. The number of rotatable bonds is 12. The molecule has 0 unspecified atom stereocenters. The van der Waals surface area contributed by atoms with Gasteiger partial charge in [-0.05, 0) is 47.4 Å². The Hall–Kier alpha value is -2.88. The molecule has 3 rings (SSSR count). The fourth-order valence-corrected chi connectivity index (χ4v) is 5.36. The molecular weight excluding hydrogens is 602 g/mol. The summed E-state index contributed by atoms with van der Waals surface area (Å²) < 4.78 is 27.4. The van der Waals surface area contributed by atoms with Gasteiger partial charge in [0.1, 0.15) is 12.6 Å². The van der Waals surface area contributed by atoms with Crippen LogP contribution in [0.3, 0.4) is 0 Å². The van der Waals surface area contributed by atoms with Crippen LogP contribution in [0.2, 0.25) is 5.02 Å². The van der Waals surface area contributed by atoms with Crippen LogP contribution in [-0.2, 0) is 32.6 Å². The highest BCUT2D eigenvalue weighted by atomic mass is 79.9. The van der Waals surface area contributed by atoms with Crippen molar-refractivity contribution >= 4 is 55.1 Å². The van der Waals surface area contributed by atoms with E-state index in [4.69, 9.17) is 11.6 Å². The van der Waals surface area contributed by atoms with Crippen LogP contribution < -0.4 is 9.62 Å². The van der Waals surface area contributed by atoms with Crippen molar-refractivity contribution in [2.75, 3.05) is 23.7 Å². The van der Waals surface area contributed by atoms with Gasteiger partial charge in [0, 0.05) is 29.0 Å². The highest BCUT2D eigenvalue weighted by molar-refractivity contribution is 9.10. The number of hydrogen-bond donors (Lipinski definition) is 1. The maximum Gasteiger partial charge on any atom is 0.244 e. The van der Waals surface area contributed by atoms with Crippen molar-refractivity contribution in [2.45, 2.75) is 32.9 Å². The summed E-state index contributed by atoms with van der Waals surface area (Å²) in [5.74, 6) is -0.594. The predicted octanol–water partition coefficient (Wildman–Crippen LogP) is 5.28. The molecule has 0 bridgehead atoms. The third-order valence-corrected chi connectivity index (χ3v) is 7.88. The van der Waals surface area contributed by atoms with Gasteiger partial charge in [0.05, 0.1) is 11.9 Å². The summed E-state index contributed by atoms with van der Waals surface area (Å²) in [6.45, 7) is 4.06. The molecule has 0 saturated heterocycles. The van der Waals surface area contributed by atoms with E-state index in [0.29, 0.717) is 21.7 Å². The lowest BCUT2D eigenvalue weighted by Gasteiger charge is -2.33. The molecule has 0 heterocycles. The second kappa shape index (κ2) is 14.0. The molecule has 0 aromatic heterocycles. The van der Waals surface area contributed by atoms with Crippen LogP contribution in [0.15, 0.2) is 83.3 Å². The van der Waals surface area contributed by atoms with Crippen molar-refractivity contribution in [3.63, 3.8) is 0 Å². The molecule has 0 saturated carbocycles. The first-order valence-electron chi connectivity index (χ1n) is 12.5.